The fourth-order valence-corrected chi connectivity index (χ4v) is 2.56. The van der Waals surface area contributed by atoms with Gasteiger partial charge >= 0.3 is 0 Å². The first-order chi connectivity index (χ1) is 7.33. The normalized spacial score (nSPS) is 16.9. The summed E-state index contributed by atoms with van der Waals surface area (Å²) in [5, 5.41) is 0. The molecule has 0 N–H and O–H groups in total. The van der Waals surface area contributed by atoms with Gasteiger partial charge in [0, 0.05) is 36.7 Å². The lowest BCUT2D eigenvalue weighted by Gasteiger charge is -2.28. The molecule has 0 radical (unpaired) electrons. The molecule has 0 amide bonds. The molecule has 82 valence electrons. The summed E-state index contributed by atoms with van der Waals surface area (Å²) >= 11 is 5.92. The van der Waals surface area contributed by atoms with Crippen LogP contribution in [0.2, 0.25) is 0 Å². The molecule has 1 aliphatic rings. The van der Waals surface area contributed by atoms with Crippen LogP contribution in [0.15, 0.2) is 18.5 Å². The summed E-state index contributed by atoms with van der Waals surface area (Å²) in [6, 6.07) is 2.75. The van der Waals surface area contributed by atoms with Crippen molar-refractivity contribution in [2.24, 2.45) is 0 Å². The fourth-order valence-electron chi connectivity index (χ4n) is 2.36. The molecule has 0 aromatic carbocycles. The second-order valence-electron chi connectivity index (χ2n) is 4.19. The summed E-state index contributed by atoms with van der Waals surface area (Å²) in [5.74, 6) is 0.542. The molecular weight excluding hydrogens is 208 g/mol. The number of pyridine rings is 1. The molecule has 1 aromatic heterocycles. The van der Waals surface area contributed by atoms with Crippen molar-refractivity contribution in [1.82, 2.24) is 4.98 Å². The summed E-state index contributed by atoms with van der Waals surface area (Å²) in [5.41, 5.74) is 2.38. The van der Waals surface area contributed by atoms with Crippen molar-refractivity contribution in [1.29, 1.82) is 0 Å². The molecule has 15 heavy (non-hydrogen) atoms. The smallest absolute Gasteiger partial charge is 0.0509 e. The van der Waals surface area contributed by atoms with Crippen molar-refractivity contribution in [3.05, 3.63) is 24.0 Å². The number of hydrogen-bond acceptors (Lipinski definition) is 2. The Morgan fingerprint density at radius 3 is 2.87 bits per heavy atom. The van der Waals surface area contributed by atoms with E-state index in [2.05, 4.69) is 23.0 Å². The lowest BCUT2D eigenvalue weighted by Crippen LogP contribution is -2.29. The lowest BCUT2D eigenvalue weighted by atomic mass is 10.1. The minimum absolute atomic E-state index is 0.542. The summed E-state index contributed by atoms with van der Waals surface area (Å²) in [4.78, 5) is 6.48. The topological polar surface area (TPSA) is 16.1 Å². The van der Waals surface area contributed by atoms with Crippen molar-refractivity contribution in [3.63, 3.8) is 0 Å². The third kappa shape index (κ3) is 2.25. The molecule has 1 saturated carbocycles. The summed E-state index contributed by atoms with van der Waals surface area (Å²) < 4.78 is 0. The van der Waals surface area contributed by atoms with Crippen LogP contribution in [0, 0.1) is 0 Å². The van der Waals surface area contributed by atoms with E-state index in [9.17, 15) is 0 Å². The fraction of sp³-hybridized carbons (Fsp3) is 0.583. The van der Waals surface area contributed by atoms with Gasteiger partial charge in [0.15, 0.2) is 0 Å². The minimum atomic E-state index is 0.542. The van der Waals surface area contributed by atoms with Crippen LogP contribution in [0.4, 0.5) is 5.69 Å². The maximum absolute atomic E-state index is 5.92. The van der Waals surface area contributed by atoms with Crippen LogP contribution >= 0.6 is 11.6 Å². The zero-order chi connectivity index (χ0) is 10.7. The second kappa shape index (κ2) is 4.84. The van der Waals surface area contributed by atoms with Gasteiger partial charge in [-0.15, -0.1) is 11.6 Å². The Hall–Kier alpha value is -0.760. The Kier molecular flexibility index (Phi) is 3.47. The second-order valence-corrected chi connectivity index (χ2v) is 4.45. The van der Waals surface area contributed by atoms with E-state index in [0.717, 1.165) is 5.56 Å². The van der Waals surface area contributed by atoms with E-state index in [1.807, 2.05) is 12.4 Å². The first-order valence-corrected chi connectivity index (χ1v) is 6.08. The monoisotopic (exact) mass is 224 g/mol. The summed E-state index contributed by atoms with van der Waals surface area (Å²) in [6.07, 6.45) is 9.04. The highest BCUT2D eigenvalue weighted by Crippen LogP contribution is 2.29. The summed E-state index contributed by atoms with van der Waals surface area (Å²) in [7, 11) is 2.17. The zero-order valence-electron chi connectivity index (χ0n) is 9.12. The van der Waals surface area contributed by atoms with Crippen LogP contribution < -0.4 is 4.90 Å². The highest BCUT2D eigenvalue weighted by Gasteiger charge is 2.21. The first kappa shape index (κ1) is 10.7. The van der Waals surface area contributed by atoms with Crippen LogP contribution in [0.3, 0.4) is 0 Å². The molecule has 0 saturated heterocycles. The quantitative estimate of drug-likeness (QED) is 0.733. The van der Waals surface area contributed by atoms with Crippen LogP contribution in [0.25, 0.3) is 0 Å². The third-order valence-corrected chi connectivity index (χ3v) is 3.56. The Labute approximate surface area is 96.3 Å². The Bertz CT molecular complexity index is 321. The molecule has 3 heteroatoms. The van der Waals surface area contributed by atoms with Gasteiger partial charge in [0.05, 0.1) is 5.88 Å². The number of aromatic nitrogens is 1. The van der Waals surface area contributed by atoms with Crippen molar-refractivity contribution < 1.29 is 0 Å². The average molecular weight is 225 g/mol. The van der Waals surface area contributed by atoms with E-state index in [4.69, 9.17) is 11.6 Å². The number of alkyl halides is 1. The van der Waals surface area contributed by atoms with E-state index in [1.165, 1.54) is 31.4 Å². The molecule has 1 fully saturated rings. The molecular formula is C12H17ClN2. The predicted molar refractivity (Wildman–Crippen MR) is 64.5 cm³/mol. The van der Waals surface area contributed by atoms with Gasteiger partial charge in [-0.1, -0.05) is 12.8 Å². The van der Waals surface area contributed by atoms with Crippen LogP contribution in [0.5, 0.6) is 0 Å². The van der Waals surface area contributed by atoms with E-state index in [-0.39, 0.29) is 0 Å². The lowest BCUT2D eigenvalue weighted by molar-refractivity contribution is 0.651. The van der Waals surface area contributed by atoms with E-state index in [1.54, 1.807) is 0 Å². The minimum Gasteiger partial charge on any atom is -0.371 e. The molecule has 0 spiro atoms. The van der Waals surface area contributed by atoms with Crippen LogP contribution in [-0.2, 0) is 5.88 Å². The highest BCUT2D eigenvalue weighted by atomic mass is 35.5. The van der Waals surface area contributed by atoms with Crippen LogP contribution in [-0.4, -0.2) is 18.1 Å². The molecule has 2 rings (SSSR count). The molecule has 0 aliphatic heterocycles. The van der Waals surface area contributed by atoms with Crippen molar-refractivity contribution in [2.75, 3.05) is 11.9 Å². The van der Waals surface area contributed by atoms with E-state index < -0.39 is 0 Å². The van der Waals surface area contributed by atoms with Gasteiger partial charge in [-0.2, -0.15) is 0 Å². The van der Waals surface area contributed by atoms with Crippen molar-refractivity contribution in [2.45, 2.75) is 37.6 Å². The van der Waals surface area contributed by atoms with Gasteiger partial charge in [0.2, 0.25) is 0 Å². The Balaban J connectivity index is 2.19. The van der Waals surface area contributed by atoms with Gasteiger partial charge < -0.3 is 4.90 Å². The molecule has 2 nitrogen and oxygen atoms in total. The number of rotatable bonds is 3. The molecule has 0 bridgehead atoms. The molecule has 1 aliphatic carbocycles. The van der Waals surface area contributed by atoms with Gasteiger partial charge in [0.25, 0.3) is 0 Å². The zero-order valence-corrected chi connectivity index (χ0v) is 9.87. The Morgan fingerprint density at radius 2 is 2.20 bits per heavy atom. The van der Waals surface area contributed by atoms with E-state index in [0.29, 0.717) is 11.9 Å². The highest BCUT2D eigenvalue weighted by molar-refractivity contribution is 6.17. The van der Waals surface area contributed by atoms with Crippen molar-refractivity contribution in [3.8, 4) is 0 Å². The molecule has 1 heterocycles. The SMILES string of the molecule is CN(c1ccncc1CCl)C1CCCC1. The molecule has 0 atom stereocenters. The standard InChI is InChI=1S/C12H17ClN2/c1-15(11-4-2-3-5-11)12-6-7-14-9-10(12)8-13/h6-7,9,11H,2-5,8H2,1H3. The number of anilines is 1. The van der Waals surface area contributed by atoms with E-state index >= 15 is 0 Å². The average Bonchev–Trinajstić information content (AvgIpc) is 2.81. The number of hydrogen-bond donors (Lipinski definition) is 0. The number of nitrogens with zero attached hydrogens (tertiary/aromatic N) is 2. The Morgan fingerprint density at radius 1 is 1.47 bits per heavy atom. The summed E-state index contributed by atoms with van der Waals surface area (Å²) in [6.45, 7) is 0. The third-order valence-electron chi connectivity index (χ3n) is 3.27. The van der Waals surface area contributed by atoms with Crippen LogP contribution in [0.1, 0.15) is 31.2 Å². The maximum Gasteiger partial charge on any atom is 0.0509 e. The maximum atomic E-state index is 5.92. The van der Waals surface area contributed by atoms with Gasteiger partial charge in [-0.3, -0.25) is 4.98 Å². The van der Waals surface area contributed by atoms with Crippen molar-refractivity contribution >= 4 is 17.3 Å². The van der Waals surface area contributed by atoms with Gasteiger partial charge in [-0.25, -0.2) is 0 Å². The van der Waals surface area contributed by atoms with Gasteiger partial charge in [0.1, 0.15) is 0 Å². The molecule has 0 unspecified atom stereocenters. The number of halogens is 1. The van der Waals surface area contributed by atoms with Gasteiger partial charge in [-0.05, 0) is 18.9 Å². The first-order valence-electron chi connectivity index (χ1n) is 5.54. The largest absolute Gasteiger partial charge is 0.371 e. The predicted octanol–water partition coefficient (Wildman–Crippen LogP) is 3.20. The molecule has 1 aromatic rings.